The fourth-order valence-electron chi connectivity index (χ4n) is 1.32. The van der Waals surface area contributed by atoms with Crippen LogP contribution in [-0.4, -0.2) is 16.7 Å². The third-order valence-electron chi connectivity index (χ3n) is 2.02. The summed E-state index contributed by atoms with van der Waals surface area (Å²) in [6.45, 7) is 2.60. The fraction of sp³-hybridized carbons (Fsp3) is 0.273. The Morgan fingerprint density at radius 3 is 2.73 bits per heavy atom. The van der Waals surface area contributed by atoms with Crippen molar-refractivity contribution in [2.45, 2.75) is 13.3 Å². The molecule has 2 aromatic rings. The zero-order valence-corrected chi connectivity index (χ0v) is 8.60. The average molecular weight is 203 g/mol. The number of hydrogen-bond acceptors (Lipinski definition) is 4. The molecule has 0 spiro atoms. The Hall–Kier alpha value is -1.84. The molecule has 4 nitrogen and oxygen atoms in total. The number of hydrogen-bond donors (Lipinski definition) is 1. The van der Waals surface area contributed by atoms with E-state index in [9.17, 15) is 0 Å². The lowest BCUT2D eigenvalue weighted by Crippen LogP contribution is -2.05. The Labute approximate surface area is 88.3 Å². The van der Waals surface area contributed by atoms with Crippen LogP contribution in [0.15, 0.2) is 34.9 Å². The van der Waals surface area contributed by atoms with Gasteiger partial charge in [-0.1, -0.05) is 23.4 Å². The van der Waals surface area contributed by atoms with Crippen LogP contribution in [0.1, 0.15) is 11.7 Å². The van der Waals surface area contributed by atoms with E-state index >= 15 is 0 Å². The van der Waals surface area contributed by atoms with E-state index in [4.69, 9.17) is 4.52 Å². The molecule has 2 rings (SSSR count). The molecule has 1 aromatic heterocycles. The Morgan fingerprint density at radius 1 is 1.27 bits per heavy atom. The van der Waals surface area contributed by atoms with Crippen LogP contribution in [0.2, 0.25) is 0 Å². The molecule has 15 heavy (non-hydrogen) atoms. The Morgan fingerprint density at radius 2 is 2.07 bits per heavy atom. The van der Waals surface area contributed by atoms with E-state index in [0.29, 0.717) is 5.89 Å². The second-order valence-corrected chi connectivity index (χ2v) is 3.27. The van der Waals surface area contributed by atoms with Crippen molar-refractivity contribution < 1.29 is 4.52 Å². The third kappa shape index (κ3) is 2.80. The van der Waals surface area contributed by atoms with Crippen molar-refractivity contribution in [1.29, 1.82) is 0 Å². The number of para-hydroxylation sites is 1. The van der Waals surface area contributed by atoms with Crippen LogP contribution in [-0.2, 0) is 6.42 Å². The van der Waals surface area contributed by atoms with E-state index in [1.54, 1.807) is 6.92 Å². The lowest BCUT2D eigenvalue weighted by atomic mass is 10.3. The predicted octanol–water partition coefficient (Wildman–Crippen LogP) is 2.03. The van der Waals surface area contributed by atoms with Gasteiger partial charge in [-0.2, -0.15) is 4.98 Å². The predicted molar refractivity (Wildman–Crippen MR) is 57.7 cm³/mol. The first kappa shape index (κ1) is 9.71. The van der Waals surface area contributed by atoms with Gasteiger partial charge >= 0.3 is 0 Å². The lowest BCUT2D eigenvalue weighted by Gasteiger charge is -2.02. The Bertz CT molecular complexity index is 411. The molecule has 78 valence electrons. The van der Waals surface area contributed by atoms with Gasteiger partial charge in [0.15, 0.2) is 5.82 Å². The molecule has 1 aromatic carbocycles. The summed E-state index contributed by atoms with van der Waals surface area (Å²) >= 11 is 0. The fourth-order valence-corrected chi connectivity index (χ4v) is 1.32. The molecule has 0 unspecified atom stereocenters. The van der Waals surface area contributed by atoms with Crippen LogP contribution < -0.4 is 5.32 Å². The molecular weight excluding hydrogens is 190 g/mol. The summed E-state index contributed by atoms with van der Waals surface area (Å²) in [5.41, 5.74) is 1.11. The minimum Gasteiger partial charge on any atom is -0.385 e. The van der Waals surface area contributed by atoms with Crippen molar-refractivity contribution in [3.8, 4) is 0 Å². The van der Waals surface area contributed by atoms with Gasteiger partial charge in [-0.05, 0) is 12.1 Å². The first-order valence-electron chi connectivity index (χ1n) is 4.93. The van der Waals surface area contributed by atoms with Crippen LogP contribution in [0.3, 0.4) is 0 Å². The minimum absolute atomic E-state index is 0.615. The van der Waals surface area contributed by atoms with Gasteiger partial charge in [0.2, 0.25) is 5.89 Å². The molecule has 0 amide bonds. The van der Waals surface area contributed by atoms with Crippen LogP contribution in [0.25, 0.3) is 0 Å². The second kappa shape index (κ2) is 4.59. The van der Waals surface area contributed by atoms with Crippen molar-refractivity contribution >= 4 is 5.69 Å². The smallest absolute Gasteiger partial charge is 0.223 e. The van der Waals surface area contributed by atoms with E-state index in [2.05, 4.69) is 15.5 Å². The maximum atomic E-state index is 4.88. The molecule has 0 saturated carbocycles. The second-order valence-electron chi connectivity index (χ2n) is 3.27. The van der Waals surface area contributed by atoms with E-state index in [0.717, 1.165) is 24.5 Å². The summed E-state index contributed by atoms with van der Waals surface area (Å²) in [5, 5.41) is 7.10. The monoisotopic (exact) mass is 203 g/mol. The summed E-state index contributed by atoms with van der Waals surface area (Å²) in [6.07, 6.45) is 0.770. The summed E-state index contributed by atoms with van der Waals surface area (Å²) in [4.78, 5) is 4.12. The highest BCUT2D eigenvalue weighted by molar-refractivity contribution is 5.42. The lowest BCUT2D eigenvalue weighted by molar-refractivity contribution is 0.387. The van der Waals surface area contributed by atoms with E-state index in [1.165, 1.54) is 0 Å². The molecule has 0 aliphatic carbocycles. The molecule has 0 radical (unpaired) electrons. The standard InChI is InChI=1S/C11H13N3O/c1-9-13-11(14-15-9)7-8-12-10-5-3-2-4-6-10/h2-6,12H,7-8H2,1H3. The molecule has 1 heterocycles. The number of benzene rings is 1. The van der Waals surface area contributed by atoms with Gasteiger partial charge in [-0.25, -0.2) is 0 Å². The van der Waals surface area contributed by atoms with Gasteiger partial charge in [0.1, 0.15) is 0 Å². The third-order valence-corrected chi connectivity index (χ3v) is 2.02. The van der Waals surface area contributed by atoms with Crippen LogP contribution in [0, 0.1) is 6.92 Å². The topological polar surface area (TPSA) is 51.0 Å². The maximum Gasteiger partial charge on any atom is 0.223 e. The van der Waals surface area contributed by atoms with E-state index in [-0.39, 0.29) is 0 Å². The highest BCUT2D eigenvalue weighted by atomic mass is 16.5. The highest BCUT2D eigenvalue weighted by Crippen LogP contribution is 2.04. The largest absolute Gasteiger partial charge is 0.385 e. The molecule has 0 aliphatic heterocycles. The number of aromatic nitrogens is 2. The molecule has 0 saturated heterocycles. The number of nitrogens with zero attached hydrogens (tertiary/aromatic N) is 2. The van der Waals surface area contributed by atoms with Crippen molar-refractivity contribution in [3.05, 3.63) is 42.0 Å². The van der Waals surface area contributed by atoms with Crippen molar-refractivity contribution in [3.63, 3.8) is 0 Å². The van der Waals surface area contributed by atoms with E-state index in [1.807, 2.05) is 30.3 Å². The van der Waals surface area contributed by atoms with Gasteiger partial charge < -0.3 is 9.84 Å². The summed E-state index contributed by atoms with van der Waals surface area (Å²) < 4.78 is 4.88. The summed E-state index contributed by atoms with van der Waals surface area (Å²) in [6, 6.07) is 10.1. The molecular formula is C11H13N3O. The normalized spacial score (nSPS) is 10.2. The van der Waals surface area contributed by atoms with Crippen LogP contribution in [0.5, 0.6) is 0 Å². The summed E-state index contributed by atoms with van der Waals surface area (Å²) in [5.74, 6) is 1.36. The molecule has 0 aliphatic rings. The van der Waals surface area contributed by atoms with Gasteiger partial charge in [0.05, 0.1) is 0 Å². The summed E-state index contributed by atoms with van der Waals surface area (Å²) in [7, 11) is 0. The number of rotatable bonds is 4. The van der Waals surface area contributed by atoms with Crippen molar-refractivity contribution in [1.82, 2.24) is 10.1 Å². The number of aryl methyl sites for hydroxylation is 1. The first-order valence-corrected chi connectivity index (χ1v) is 4.93. The minimum atomic E-state index is 0.615. The van der Waals surface area contributed by atoms with Crippen molar-refractivity contribution in [2.75, 3.05) is 11.9 Å². The molecule has 4 heteroatoms. The molecule has 1 N–H and O–H groups in total. The highest BCUT2D eigenvalue weighted by Gasteiger charge is 2.00. The molecule has 0 fully saturated rings. The van der Waals surface area contributed by atoms with Gasteiger partial charge in [0.25, 0.3) is 0 Å². The zero-order valence-electron chi connectivity index (χ0n) is 8.60. The Balaban J connectivity index is 1.80. The molecule has 0 bridgehead atoms. The van der Waals surface area contributed by atoms with Crippen LogP contribution in [0.4, 0.5) is 5.69 Å². The van der Waals surface area contributed by atoms with Crippen molar-refractivity contribution in [2.24, 2.45) is 0 Å². The SMILES string of the molecule is Cc1nc(CCNc2ccccc2)no1. The van der Waals surface area contributed by atoms with Gasteiger partial charge in [-0.3, -0.25) is 0 Å². The first-order chi connectivity index (χ1) is 7.34. The number of anilines is 1. The quantitative estimate of drug-likeness (QED) is 0.826. The average Bonchev–Trinajstić information content (AvgIpc) is 2.66. The number of nitrogens with one attached hydrogen (secondary N) is 1. The zero-order chi connectivity index (χ0) is 10.5. The molecule has 0 atom stereocenters. The van der Waals surface area contributed by atoms with Crippen LogP contribution >= 0.6 is 0 Å². The van der Waals surface area contributed by atoms with Gasteiger partial charge in [0, 0.05) is 25.6 Å². The maximum absolute atomic E-state index is 4.88. The van der Waals surface area contributed by atoms with Gasteiger partial charge in [-0.15, -0.1) is 0 Å². The Kier molecular flexibility index (Phi) is 2.97. The van der Waals surface area contributed by atoms with E-state index < -0.39 is 0 Å².